The number of halogens is 4. The van der Waals surface area contributed by atoms with Crippen molar-refractivity contribution in [2.45, 2.75) is 43.9 Å². The number of nitrogens with zero attached hydrogens (tertiary/aromatic N) is 7. The van der Waals surface area contributed by atoms with Gasteiger partial charge in [-0.1, -0.05) is 36.3 Å². The predicted molar refractivity (Wildman–Crippen MR) is 193 cm³/mol. The first-order valence-electron chi connectivity index (χ1n) is 17.6. The van der Waals surface area contributed by atoms with E-state index >= 15 is 8.78 Å². The second kappa shape index (κ2) is 13.7. The molecule has 3 aromatic heterocycles. The second-order valence-corrected chi connectivity index (χ2v) is 13.9. The van der Waals surface area contributed by atoms with Gasteiger partial charge in [0.25, 0.3) is 5.91 Å². The van der Waals surface area contributed by atoms with Crippen LogP contribution in [0, 0.1) is 24.0 Å². The minimum atomic E-state index is -0.972. The number of benzene rings is 2. The van der Waals surface area contributed by atoms with Gasteiger partial charge in [-0.2, -0.15) is 9.97 Å². The molecule has 0 saturated carbocycles. The van der Waals surface area contributed by atoms with Crippen molar-refractivity contribution in [1.82, 2.24) is 29.7 Å². The lowest BCUT2D eigenvalue weighted by molar-refractivity contribution is -0.129. The lowest BCUT2D eigenvalue weighted by atomic mass is 9.95. The Balaban J connectivity index is 1.18. The Morgan fingerprint density at radius 1 is 1.08 bits per heavy atom. The van der Waals surface area contributed by atoms with Gasteiger partial charge in [0.2, 0.25) is 0 Å². The molecule has 3 aliphatic rings. The van der Waals surface area contributed by atoms with E-state index in [1.165, 1.54) is 23.4 Å². The van der Waals surface area contributed by atoms with E-state index in [-0.39, 0.29) is 54.4 Å². The van der Waals surface area contributed by atoms with Gasteiger partial charge in [0, 0.05) is 68.1 Å². The minimum absolute atomic E-state index is 0.0116. The number of carbonyl (C=O) groups is 1. The van der Waals surface area contributed by atoms with E-state index in [4.69, 9.17) is 16.1 Å². The summed E-state index contributed by atoms with van der Waals surface area (Å²) in [6, 6.07) is 12.4. The first-order chi connectivity index (χ1) is 25.7. The zero-order valence-corrected chi connectivity index (χ0v) is 28.9. The Morgan fingerprint density at radius 3 is 2.74 bits per heavy atom. The number of pyridine rings is 2. The van der Waals surface area contributed by atoms with Crippen molar-refractivity contribution in [2.24, 2.45) is 0 Å². The third-order valence-corrected chi connectivity index (χ3v) is 10.6. The highest BCUT2D eigenvalue weighted by Gasteiger charge is 2.49. The van der Waals surface area contributed by atoms with Crippen LogP contribution in [0.4, 0.5) is 23.4 Å². The molecule has 3 fully saturated rings. The Hall–Kier alpha value is -5.61. The Bertz CT molecular complexity index is 2320. The monoisotopic (exact) mass is 721 g/mol. The normalized spacial score (nSPS) is 22.0. The number of hydrogen-bond acceptors (Lipinski definition) is 8. The van der Waals surface area contributed by atoms with Crippen molar-refractivity contribution in [3.8, 4) is 29.6 Å². The van der Waals surface area contributed by atoms with Crippen molar-refractivity contribution in [3.63, 3.8) is 0 Å². The van der Waals surface area contributed by atoms with Crippen molar-refractivity contribution >= 4 is 39.5 Å². The van der Waals surface area contributed by atoms with Crippen LogP contribution in [0.3, 0.4) is 0 Å². The molecule has 0 radical (unpaired) electrons. The molecule has 2 aromatic carbocycles. The number of carbonyl (C=O) groups excluding carboxylic acids is 1. The van der Waals surface area contributed by atoms with E-state index in [1.807, 2.05) is 11.8 Å². The Labute approximate surface area is 303 Å². The molecule has 13 heteroatoms. The molecular weight excluding hydrogens is 686 g/mol. The van der Waals surface area contributed by atoms with Gasteiger partial charge < -0.3 is 14.5 Å². The highest BCUT2D eigenvalue weighted by atomic mass is 19.1. The number of piperazine rings is 1. The fraction of sp³-hybridized carbons (Fsp3) is 0.325. The van der Waals surface area contributed by atoms with Gasteiger partial charge in [-0.05, 0) is 49.9 Å². The molecule has 6 heterocycles. The molecule has 0 spiro atoms. The Morgan fingerprint density at radius 2 is 1.94 bits per heavy atom. The standard InChI is InChI=1S/C40H35F4N7O2/c1-3-28-31(42)12-11-25-8-6-10-29(33(25)28)35-34(44)36-30(20-46-35)37(48-39(47-36)53-23-40-13-7-15-50(40)22-26(41)19-40)51-17-16-49(21-24(51)2)38(52)32(43)18-27-9-4-5-14-45-27/h1,4-6,8-12,14,18,20,24,26H,7,13,15-17,19,21-23H2,2H3/b32-18-/t24-,26+,40-/m0/s1. The summed E-state index contributed by atoms with van der Waals surface area (Å²) in [7, 11) is 0. The quantitative estimate of drug-likeness (QED) is 0.107. The summed E-state index contributed by atoms with van der Waals surface area (Å²) in [6.45, 7) is 3.59. The van der Waals surface area contributed by atoms with E-state index in [0.717, 1.165) is 25.5 Å². The van der Waals surface area contributed by atoms with Gasteiger partial charge >= 0.3 is 6.01 Å². The molecule has 0 N–H and O–H groups in total. The van der Waals surface area contributed by atoms with Crippen LogP contribution >= 0.6 is 0 Å². The van der Waals surface area contributed by atoms with Crippen molar-refractivity contribution in [2.75, 3.05) is 44.2 Å². The van der Waals surface area contributed by atoms with Crippen LogP contribution < -0.4 is 9.64 Å². The first kappa shape index (κ1) is 34.5. The number of ether oxygens (including phenoxy) is 1. The van der Waals surface area contributed by atoms with Crippen LogP contribution in [0.15, 0.2) is 66.8 Å². The number of fused-ring (bicyclic) bond motifs is 3. The topological polar surface area (TPSA) is 87.6 Å². The van der Waals surface area contributed by atoms with Gasteiger partial charge in [0.1, 0.15) is 35.6 Å². The summed E-state index contributed by atoms with van der Waals surface area (Å²) in [5.41, 5.74) is -0.0820. The molecule has 8 rings (SSSR count). The SMILES string of the molecule is C#Cc1c(F)ccc2cccc(-c3ncc4c(N5CCN(C(=O)/C(F)=C/c6ccccn6)C[C@@H]5C)nc(OC[C@@]56CCCN5C[C@H](F)C6)nc4c3F)c12. The van der Waals surface area contributed by atoms with Gasteiger partial charge in [-0.15, -0.1) is 6.42 Å². The number of alkyl halides is 1. The average Bonchev–Trinajstić information content (AvgIpc) is 3.69. The maximum Gasteiger partial charge on any atom is 0.319 e. The molecule has 3 aliphatic heterocycles. The molecule has 3 saturated heterocycles. The minimum Gasteiger partial charge on any atom is -0.461 e. The molecule has 1 amide bonds. The number of terminal acetylenes is 1. The third-order valence-electron chi connectivity index (χ3n) is 10.6. The summed E-state index contributed by atoms with van der Waals surface area (Å²) < 4.78 is 67.7. The van der Waals surface area contributed by atoms with Crippen LogP contribution in [0.25, 0.3) is 39.0 Å². The number of anilines is 1. The number of rotatable bonds is 7. The van der Waals surface area contributed by atoms with Crippen LogP contribution in [-0.2, 0) is 4.79 Å². The number of hydrogen-bond donors (Lipinski definition) is 0. The summed E-state index contributed by atoms with van der Waals surface area (Å²) in [4.78, 5) is 36.4. The van der Waals surface area contributed by atoms with Crippen molar-refractivity contribution in [3.05, 3.63) is 89.6 Å². The van der Waals surface area contributed by atoms with Crippen LogP contribution in [0.1, 0.15) is 37.4 Å². The fourth-order valence-corrected chi connectivity index (χ4v) is 8.09. The molecule has 0 unspecified atom stereocenters. The maximum atomic E-state index is 16.9. The zero-order chi connectivity index (χ0) is 36.9. The van der Waals surface area contributed by atoms with Crippen molar-refractivity contribution < 1.29 is 27.1 Å². The molecule has 0 aliphatic carbocycles. The smallest absolute Gasteiger partial charge is 0.319 e. The molecule has 270 valence electrons. The highest BCUT2D eigenvalue weighted by molar-refractivity contribution is 6.02. The van der Waals surface area contributed by atoms with Gasteiger partial charge in [-0.3, -0.25) is 19.7 Å². The fourth-order valence-electron chi connectivity index (χ4n) is 8.09. The molecule has 9 nitrogen and oxygen atoms in total. The largest absolute Gasteiger partial charge is 0.461 e. The lowest BCUT2D eigenvalue weighted by Crippen LogP contribution is -2.54. The summed E-state index contributed by atoms with van der Waals surface area (Å²) in [5.74, 6) is -0.389. The summed E-state index contributed by atoms with van der Waals surface area (Å²) in [6.07, 6.45) is 10.8. The first-order valence-corrected chi connectivity index (χ1v) is 17.6. The average molecular weight is 722 g/mol. The van der Waals surface area contributed by atoms with Crippen LogP contribution in [0.2, 0.25) is 0 Å². The van der Waals surface area contributed by atoms with E-state index in [2.05, 4.69) is 25.8 Å². The highest BCUT2D eigenvalue weighted by Crippen LogP contribution is 2.41. The van der Waals surface area contributed by atoms with E-state index < -0.39 is 41.1 Å². The van der Waals surface area contributed by atoms with Crippen LogP contribution in [-0.4, -0.2) is 92.7 Å². The molecular formula is C40H35F4N7O2. The third kappa shape index (κ3) is 6.20. The molecule has 5 aromatic rings. The number of aromatic nitrogens is 4. The zero-order valence-electron chi connectivity index (χ0n) is 28.9. The summed E-state index contributed by atoms with van der Waals surface area (Å²) in [5, 5.41) is 1.23. The van der Waals surface area contributed by atoms with E-state index in [1.54, 1.807) is 42.5 Å². The molecule has 3 atom stereocenters. The summed E-state index contributed by atoms with van der Waals surface area (Å²) >= 11 is 0. The van der Waals surface area contributed by atoms with Gasteiger partial charge in [-0.25, -0.2) is 17.6 Å². The molecule has 0 bridgehead atoms. The lowest BCUT2D eigenvalue weighted by Gasteiger charge is -2.40. The van der Waals surface area contributed by atoms with E-state index in [0.29, 0.717) is 40.8 Å². The van der Waals surface area contributed by atoms with Crippen molar-refractivity contribution in [1.29, 1.82) is 0 Å². The van der Waals surface area contributed by atoms with E-state index in [9.17, 15) is 13.6 Å². The predicted octanol–water partition coefficient (Wildman–Crippen LogP) is 6.50. The van der Waals surface area contributed by atoms with Crippen LogP contribution in [0.5, 0.6) is 6.01 Å². The van der Waals surface area contributed by atoms with Gasteiger partial charge in [0.05, 0.1) is 22.2 Å². The van der Waals surface area contributed by atoms with Gasteiger partial charge in [0.15, 0.2) is 11.6 Å². The Kier molecular flexibility index (Phi) is 8.94. The number of amides is 1. The molecule has 53 heavy (non-hydrogen) atoms. The second-order valence-electron chi connectivity index (χ2n) is 13.9. The maximum absolute atomic E-state index is 16.9.